The van der Waals surface area contributed by atoms with E-state index in [0.717, 1.165) is 57.7 Å². The summed E-state index contributed by atoms with van der Waals surface area (Å²) in [6.07, 6.45) is 6.52. The SMILES string of the molecule is CNCC1CCN(C(=O)C2(CCOC)CCC2)CC1. The Labute approximate surface area is 116 Å². The summed E-state index contributed by atoms with van der Waals surface area (Å²) in [7, 11) is 3.73. The molecule has 0 spiro atoms. The molecule has 1 aliphatic carbocycles. The number of piperidine rings is 1. The van der Waals surface area contributed by atoms with Gasteiger partial charge in [0.05, 0.1) is 5.41 Å². The van der Waals surface area contributed by atoms with E-state index in [1.54, 1.807) is 7.11 Å². The van der Waals surface area contributed by atoms with Crippen LogP contribution in [0.4, 0.5) is 0 Å². The second kappa shape index (κ2) is 6.71. The van der Waals surface area contributed by atoms with Gasteiger partial charge in [-0.2, -0.15) is 0 Å². The fraction of sp³-hybridized carbons (Fsp3) is 0.933. The third kappa shape index (κ3) is 3.29. The van der Waals surface area contributed by atoms with Crippen LogP contribution in [0.5, 0.6) is 0 Å². The van der Waals surface area contributed by atoms with Gasteiger partial charge in [-0.3, -0.25) is 4.79 Å². The van der Waals surface area contributed by atoms with E-state index in [2.05, 4.69) is 10.2 Å². The van der Waals surface area contributed by atoms with Crippen molar-refractivity contribution in [2.45, 2.75) is 38.5 Å². The Bertz CT molecular complexity index is 295. The second-order valence-corrected chi connectivity index (χ2v) is 6.17. The molecule has 110 valence electrons. The largest absolute Gasteiger partial charge is 0.385 e. The van der Waals surface area contributed by atoms with Gasteiger partial charge in [0, 0.05) is 26.8 Å². The fourth-order valence-corrected chi connectivity index (χ4v) is 3.44. The molecule has 19 heavy (non-hydrogen) atoms. The first-order chi connectivity index (χ1) is 9.22. The zero-order valence-corrected chi connectivity index (χ0v) is 12.4. The van der Waals surface area contributed by atoms with Crippen LogP contribution >= 0.6 is 0 Å². The van der Waals surface area contributed by atoms with Crippen molar-refractivity contribution in [3.63, 3.8) is 0 Å². The summed E-state index contributed by atoms with van der Waals surface area (Å²) in [6.45, 7) is 3.68. The van der Waals surface area contributed by atoms with Crippen molar-refractivity contribution in [1.29, 1.82) is 0 Å². The van der Waals surface area contributed by atoms with Gasteiger partial charge in [-0.1, -0.05) is 6.42 Å². The normalized spacial score (nSPS) is 23.2. The van der Waals surface area contributed by atoms with Gasteiger partial charge in [-0.05, 0) is 51.6 Å². The van der Waals surface area contributed by atoms with Crippen LogP contribution in [-0.2, 0) is 9.53 Å². The molecule has 1 aliphatic heterocycles. The topological polar surface area (TPSA) is 41.6 Å². The quantitative estimate of drug-likeness (QED) is 0.796. The van der Waals surface area contributed by atoms with Crippen molar-refractivity contribution < 1.29 is 9.53 Å². The molecule has 0 atom stereocenters. The number of hydrogen-bond donors (Lipinski definition) is 1. The molecule has 1 N–H and O–H groups in total. The molecule has 4 heteroatoms. The van der Waals surface area contributed by atoms with Gasteiger partial charge in [0.25, 0.3) is 0 Å². The number of ether oxygens (including phenoxy) is 1. The smallest absolute Gasteiger partial charge is 0.228 e. The Balaban J connectivity index is 1.86. The maximum Gasteiger partial charge on any atom is 0.228 e. The molecule has 0 unspecified atom stereocenters. The molecule has 1 saturated carbocycles. The number of methoxy groups -OCH3 is 1. The highest BCUT2D eigenvalue weighted by molar-refractivity contribution is 5.83. The lowest BCUT2D eigenvalue weighted by Gasteiger charge is -2.45. The van der Waals surface area contributed by atoms with E-state index < -0.39 is 0 Å². The first-order valence-electron chi connectivity index (χ1n) is 7.65. The third-order valence-corrected chi connectivity index (χ3v) is 4.94. The zero-order valence-electron chi connectivity index (χ0n) is 12.4. The molecule has 4 nitrogen and oxygen atoms in total. The molecule has 2 rings (SSSR count). The van der Waals surface area contributed by atoms with Crippen LogP contribution in [0.3, 0.4) is 0 Å². The molecule has 1 saturated heterocycles. The fourth-order valence-electron chi connectivity index (χ4n) is 3.44. The molecule has 2 aliphatic rings. The third-order valence-electron chi connectivity index (χ3n) is 4.94. The summed E-state index contributed by atoms with van der Waals surface area (Å²) in [5.41, 5.74) is -0.0775. The average molecular weight is 268 g/mol. The Hall–Kier alpha value is -0.610. The number of hydrogen-bond acceptors (Lipinski definition) is 3. The highest BCUT2D eigenvalue weighted by atomic mass is 16.5. The van der Waals surface area contributed by atoms with Crippen LogP contribution in [0.2, 0.25) is 0 Å². The summed E-state index contributed by atoms with van der Waals surface area (Å²) >= 11 is 0. The molecule has 0 radical (unpaired) electrons. The summed E-state index contributed by atoms with van der Waals surface area (Å²) in [6, 6.07) is 0. The highest BCUT2D eigenvalue weighted by Crippen LogP contribution is 2.45. The number of nitrogens with zero attached hydrogens (tertiary/aromatic N) is 1. The van der Waals surface area contributed by atoms with Crippen molar-refractivity contribution in [2.75, 3.05) is 40.4 Å². The lowest BCUT2D eigenvalue weighted by atomic mass is 9.65. The Morgan fingerprint density at radius 3 is 2.53 bits per heavy atom. The summed E-state index contributed by atoms with van der Waals surface area (Å²) in [5.74, 6) is 1.14. The van der Waals surface area contributed by atoms with Gasteiger partial charge < -0.3 is 15.0 Å². The predicted octanol–water partition coefficient (Wildman–Crippen LogP) is 1.65. The number of nitrogens with one attached hydrogen (secondary N) is 1. The van der Waals surface area contributed by atoms with E-state index in [-0.39, 0.29) is 5.41 Å². The highest BCUT2D eigenvalue weighted by Gasteiger charge is 2.46. The van der Waals surface area contributed by atoms with Crippen molar-refractivity contribution in [1.82, 2.24) is 10.2 Å². The van der Waals surface area contributed by atoms with E-state index in [9.17, 15) is 4.79 Å². The van der Waals surface area contributed by atoms with Crippen molar-refractivity contribution in [2.24, 2.45) is 11.3 Å². The molecular weight excluding hydrogens is 240 g/mol. The summed E-state index contributed by atoms with van der Waals surface area (Å²) in [4.78, 5) is 14.8. The Morgan fingerprint density at radius 2 is 2.05 bits per heavy atom. The van der Waals surface area contributed by atoms with Crippen LogP contribution in [0.25, 0.3) is 0 Å². The minimum Gasteiger partial charge on any atom is -0.385 e. The lowest BCUT2D eigenvalue weighted by Crippen LogP contribution is -2.51. The van der Waals surface area contributed by atoms with Crippen molar-refractivity contribution in [3.8, 4) is 0 Å². The molecular formula is C15H28N2O2. The predicted molar refractivity (Wildman–Crippen MR) is 76.0 cm³/mol. The number of carbonyl (C=O) groups is 1. The number of likely N-dealkylation sites (tertiary alicyclic amines) is 1. The number of carbonyl (C=O) groups excluding carboxylic acids is 1. The van der Waals surface area contributed by atoms with Crippen molar-refractivity contribution in [3.05, 3.63) is 0 Å². The maximum atomic E-state index is 12.7. The van der Waals surface area contributed by atoms with Gasteiger partial charge in [-0.15, -0.1) is 0 Å². The number of amides is 1. The van der Waals surface area contributed by atoms with Crippen LogP contribution in [0.15, 0.2) is 0 Å². The molecule has 0 bridgehead atoms. The van der Waals surface area contributed by atoms with E-state index >= 15 is 0 Å². The minimum absolute atomic E-state index is 0.0775. The lowest BCUT2D eigenvalue weighted by molar-refractivity contribution is -0.150. The van der Waals surface area contributed by atoms with E-state index in [1.807, 2.05) is 7.05 Å². The van der Waals surface area contributed by atoms with Crippen LogP contribution in [-0.4, -0.2) is 51.2 Å². The van der Waals surface area contributed by atoms with Gasteiger partial charge in [0.2, 0.25) is 5.91 Å². The standard InChI is InChI=1S/C15H28N2O2/c1-16-12-13-4-9-17(10-5-13)14(18)15(6-3-7-15)8-11-19-2/h13,16H,3-12H2,1-2H3. The van der Waals surface area contributed by atoms with Crippen LogP contribution < -0.4 is 5.32 Å². The van der Waals surface area contributed by atoms with Crippen LogP contribution in [0, 0.1) is 11.3 Å². The van der Waals surface area contributed by atoms with Crippen LogP contribution in [0.1, 0.15) is 38.5 Å². The van der Waals surface area contributed by atoms with E-state index in [4.69, 9.17) is 4.74 Å². The Kier molecular flexibility index (Phi) is 5.22. The van der Waals surface area contributed by atoms with Gasteiger partial charge in [-0.25, -0.2) is 0 Å². The molecule has 1 heterocycles. The molecule has 0 aromatic rings. The minimum atomic E-state index is -0.0775. The van der Waals surface area contributed by atoms with Gasteiger partial charge >= 0.3 is 0 Å². The zero-order chi connectivity index (χ0) is 13.7. The average Bonchev–Trinajstić information content (AvgIpc) is 2.39. The second-order valence-electron chi connectivity index (χ2n) is 6.17. The molecule has 2 fully saturated rings. The first-order valence-corrected chi connectivity index (χ1v) is 7.65. The van der Waals surface area contributed by atoms with E-state index in [1.165, 1.54) is 6.42 Å². The monoisotopic (exact) mass is 268 g/mol. The maximum absolute atomic E-state index is 12.7. The molecule has 0 aromatic carbocycles. The number of rotatable bonds is 6. The van der Waals surface area contributed by atoms with Crippen molar-refractivity contribution >= 4 is 5.91 Å². The summed E-state index contributed by atoms with van der Waals surface area (Å²) < 4.78 is 5.18. The van der Waals surface area contributed by atoms with Gasteiger partial charge in [0.15, 0.2) is 0 Å². The first kappa shape index (κ1) is 14.8. The molecule has 0 aromatic heterocycles. The molecule has 1 amide bonds. The van der Waals surface area contributed by atoms with Gasteiger partial charge in [0.1, 0.15) is 0 Å². The summed E-state index contributed by atoms with van der Waals surface area (Å²) in [5, 5.41) is 3.24. The Morgan fingerprint density at radius 1 is 1.37 bits per heavy atom. The van der Waals surface area contributed by atoms with E-state index in [0.29, 0.717) is 12.5 Å².